The first-order valence-electron chi connectivity index (χ1n) is 6.46. The minimum absolute atomic E-state index is 0.00588. The van der Waals surface area contributed by atoms with E-state index >= 15 is 0 Å². The maximum atomic E-state index is 13.0. The highest BCUT2D eigenvalue weighted by Crippen LogP contribution is 2.36. The highest BCUT2D eigenvalue weighted by Gasteiger charge is 2.35. The van der Waals surface area contributed by atoms with Crippen LogP contribution in [0.1, 0.15) is 25.8 Å². The van der Waals surface area contributed by atoms with E-state index < -0.39 is 23.8 Å². The summed E-state index contributed by atoms with van der Waals surface area (Å²) >= 11 is 0. The zero-order chi connectivity index (χ0) is 16.2. The smallest absolute Gasteiger partial charge is 0.418 e. The van der Waals surface area contributed by atoms with Gasteiger partial charge in [-0.15, -0.1) is 0 Å². The molecular weight excluding hydrogens is 285 g/mol. The Morgan fingerprint density at radius 3 is 2.48 bits per heavy atom. The Balaban J connectivity index is 3.11. The molecule has 1 rings (SSSR count). The van der Waals surface area contributed by atoms with Crippen molar-refractivity contribution >= 4 is 17.3 Å². The zero-order valence-corrected chi connectivity index (χ0v) is 12.1. The third kappa shape index (κ3) is 4.84. The second-order valence-corrected chi connectivity index (χ2v) is 5.15. The van der Waals surface area contributed by atoms with E-state index in [-0.39, 0.29) is 17.3 Å². The summed E-state index contributed by atoms with van der Waals surface area (Å²) < 4.78 is 43.7. The molecule has 7 heteroatoms. The number of rotatable bonds is 5. The molecule has 1 aromatic rings. The number of halogens is 3. The molecule has 0 aliphatic carbocycles. The topological polar surface area (TPSA) is 64.3 Å². The number of carbonyl (C=O) groups is 1. The minimum Gasteiger partial charge on any atom is -0.467 e. The molecule has 0 fully saturated rings. The van der Waals surface area contributed by atoms with Crippen LogP contribution in [-0.2, 0) is 15.7 Å². The summed E-state index contributed by atoms with van der Waals surface area (Å²) in [5.41, 5.74) is 4.32. The van der Waals surface area contributed by atoms with Gasteiger partial charge in [0.25, 0.3) is 0 Å². The van der Waals surface area contributed by atoms with Crippen LogP contribution in [0, 0.1) is 5.92 Å². The maximum Gasteiger partial charge on any atom is 0.418 e. The average Bonchev–Trinajstić information content (AvgIpc) is 2.37. The Bertz CT molecular complexity index is 501. The quantitative estimate of drug-likeness (QED) is 0.647. The number of alkyl halides is 3. The van der Waals surface area contributed by atoms with Crippen LogP contribution in [0.15, 0.2) is 18.2 Å². The predicted molar refractivity (Wildman–Crippen MR) is 74.7 cm³/mol. The van der Waals surface area contributed by atoms with Gasteiger partial charge in [0.1, 0.15) is 6.04 Å². The van der Waals surface area contributed by atoms with Gasteiger partial charge in [-0.1, -0.05) is 13.8 Å². The number of methoxy groups -OCH3 is 1. The first-order chi connectivity index (χ1) is 9.65. The van der Waals surface area contributed by atoms with Gasteiger partial charge in [0, 0.05) is 11.4 Å². The summed E-state index contributed by atoms with van der Waals surface area (Å²) in [6.45, 7) is 3.73. The van der Waals surface area contributed by atoms with Crippen LogP contribution < -0.4 is 11.1 Å². The lowest BCUT2D eigenvalue weighted by molar-refractivity contribution is -0.142. The number of carbonyl (C=O) groups excluding carboxylic acids is 1. The fourth-order valence-electron chi connectivity index (χ4n) is 1.94. The number of nitrogen functional groups attached to an aromatic ring is 1. The second-order valence-electron chi connectivity index (χ2n) is 5.15. The molecule has 0 spiro atoms. The van der Waals surface area contributed by atoms with Crippen LogP contribution >= 0.6 is 0 Å². The van der Waals surface area contributed by atoms with Gasteiger partial charge < -0.3 is 15.8 Å². The minimum atomic E-state index is -4.56. The van der Waals surface area contributed by atoms with Crippen molar-refractivity contribution in [2.24, 2.45) is 5.92 Å². The molecule has 1 aromatic carbocycles. The number of hydrogen-bond donors (Lipinski definition) is 2. The van der Waals surface area contributed by atoms with Crippen molar-refractivity contribution in [3.8, 4) is 0 Å². The van der Waals surface area contributed by atoms with Crippen LogP contribution in [0.2, 0.25) is 0 Å². The molecule has 21 heavy (non-hydrogen) atoms. The fourth-order valence-corrected chi connectivity index (χ4v) is 1.94. The molecule has 0 saturated heterocycles. The van der Waals surface area contributed by atoms with E-state index in [2.05, 4.69) is 10.1 Å². The molecule has 4 nitrogen and oxygen atoms in total. The van der Waals surface area contributed by atoms with Gasteiger partial charge in [-0.3, -0.25) is 0 Å². The molecule has 0 amide bonds. The summed E-state index contributed by atoms with van der Waals surface area (Å²) in [5, 5.41) is 2.61. The highest BCUT2D eigenvalue weighted by atomic mass is 19.4. The molecule has 1 atom stereocenters. The van der Waals surface area contributed by atoms with Crippen LogP contribution in [0.25, 0.3) is 0 Å². The number of benzene rings is 1. The van der Waals surface area contributed by atoms with Crippen molar-refractivity contribution < 1.29 is 22.7 Å². The van der Waals surface area contributed by atoms with E-state index in [1.54, 1.807) is 0 Å². The van der Waals surface area contributed by atoms with E-state index in [0.717, 1.165) is 6.07 Å². The lowest BCUT2D eigenvalue weighted by atomic mass is 10.0. The van der Waals surface area contributed by atoms with Crippen molar-refractivity contribution in [1.29, 1.82) is 0 Å². The van der Waals surface area contributed by atoms with Crippen molar-refractivity contribution in [3.63, 3.8) is 0 Å². The SMILES string of the molecule is COC(=O)C(CC(C)C)Nc1ccc(N)cc1C(F)(F)F. The van der Waals surface area contributed by atoms with Gasteiger partial charge in [-0.05, 0) is 30.5 Å². The third-order valence-corrected chi connectivity index (χ3v) is 2.87. The number of esters is 1. The number of hydrogen-bond acceptors (Lipinski definition) is 4. The second kappa shape index (κ2) is 6.69. The van der Waals surface area contributed by atoms with E-state index in [4.69, 9.17) is 5.73 Å². The first-order valence-corrected chi connectivity index (χ1v) is 6.46. The summed E-state index contributed by atoms with van der Waals surface area (Å²) in [6, 6.07) is 2.56. The van der Waals surface area contributed by atoms with Crippen molar-refractivity contribution in [2.45, 2.75) is 32.5 Å². The molecule has 1 unspecified atom stereocenters. The molecule has 0 saturated carbocycles. The van der Waals surface area contributed by atoms with E-state index in [1.807, 2.05) is 13.8 Å². The van der Waals surface area contributed by atoms with Crippen LogP contribution in [-0.4, -0.2) is 19.1 Å². The Hall–Kier alpha value is -1.92. The number of nitrogens with one attached hydrogen (secondary N) is 1. The largest absolute Gasteiger partial charge is 0.467 e. The Morgan fingerprint density at radius 2 is 2.00 bits per heavy atom. The Labute approximate surface area is 121 Å². The normalized spacial score (nSPS) is 13.1. The summed E-state index contributed by atoms with van der Waals surface area (Å²) in [6.07, 6.45) is -4.20. The Morgan fingerprint density at radius 1 is 1.38 bits per heavy atom. The highest BCUT2D eigenvalue weighted by molar-refractivity contribution is 5.80. The van der Waals surface area contributed by atoms with Gasteiger partial charge >= 0.3 is 12.1 Å². The van der Waals surface area contributed by atoms with Crippen LogP contribution in [0.5, 0.6) is 0 Å². The molecular formula is C14H19F3N2O2. The monoisotopic (exact) mass is 304 g/mol. The van der Waals surface area contributed by atoms with Crippen LogP contribution in [0.3, 0.4) is 0 Å². The first kappa shape index (κ1) is 17.1. The van der Waals surface area contributed by atoms with Crippen LogP contribution in [0.4, 0.5) is 24.5 Å². The summed E-state index contributed by atoms with van der Waals surface area (Å²) in [7, 11) is 1.20. The molecule has 0 radical (unpaired) electrons. The van der Waals surface area contributed by atoms with E-state index in [9.17, 15) is 18.0 Å². The maximum absolute atomic E-state index is 13.0. The third-order valence-electron chi connectivity index (χ3n) is 2.87. The summed E-state index contributed by atoms with van der Waals surface area (Å²) in [4.78, 5) is 11.7. The molecule has 0 heterocycles. The fraction of sp³-hybridized carbons (Fsp3) is 0.500. The standard InChI is InChI=1S/C14H19F3N2O2/c1-8(2)6-12(13(20)21-3)19-11-5-4-9(18)7-10(11)14(15,16)17/h4-5,7-8,12,19H,6,18H2,1-3H3. The van der Waals surface area contributed by atoms with E-state index in [0.29, 0.717) is 6.42 Å². The average molecular weight is 304 g/mol. The summed E-state index contributed by atoms with van der Waals surface area (Å²) in [5.74, 6) is -0.488. The number of nitrogens with two attached hydrogens (primary N) is 1. The predicted octanol–water partition coefficient (Wildman–Crippen LogP) is 3.29. The van der Waals surface area contributed by atoms with E-state index in [1.165, 1.54) is 19.2 Å². The van der Waals surface area contributed by atoms with Gasteiger partial charge in [0.15, 0.2) is 0 Å². The Kier molecular flexibility index (Phi) is 5.46. The number of anilines is 2. The zero-order valence-electron chi connectivity index (χ0n) is 12.1. The van der Waals surface area contributed by atoms with Crippen molar-refractivity contribution in [2.75, 3.05) is 18.2 Å². The lowest BCUT2D eigenvalue weighted by Gasteiger charge is -2.22. The van der Waals surface area contributed by atoms with Gasteiger partial charge in [0.2, 0.25) is 0 Å². The van der Waals surface area contributed by atoms with Gasteiger partial charge in [0.05, 0.1) is 12.7 Å². The lowest BCUT2D eigenvalue weighted by Crippen LogP contribution is -2.33. The molecule has 0 aliphatic heterocycles. The van der Waals surface area contributed by atoms with Gasteiger partial charge in [-0.2, -0.15) is 13.2 Å². The molecule has 0 aliphatic rings. The van der Waals surface area contributed by atoms with Crippen molar-refractivity contribution in [1.82, 2.24) is 0 Å². The number of ether oxygens (including phenoxy) is 1. The molecule has 0 bridgehead atoms. The van der Waals surface area contributed by atoms with Gasteiger partial charge in [-0.25, -0.2) is 4.79 Å². The molecule has 3 N–H and O–H groups in total. The molecule has 0 aromatic heterocycles. The van der Waals surface area contributed by atoms with Crippen molar-refractivity contribution in [3.05, 3.63) is 23.8 Å². The molecule has 118 valence electrons.